The summed E-state index contributed by atoms with van der Waals surface area (Å²) >= 11 is 12.2. The van der Waals surface area contributed by atoms with Crippen molar-refractivity contribution in [2.75, 3.05) is 0 Å². The van der Waals surface area contributed by atoms with E-state index in [1.54, 1.807) is 42.6 Å². The van der Waals surface area contributed by atoms with E-state index < -0.39 is 10.0 Å². The third-order valence-corrected chi connectivity index (χ3v) is 4.84. The SMILES string of the molecule is NS(=O)(=O)c1ccccc1-c1[nH]ncc1-c1ccc(Cl)cc1Cl. The average molecular weight is 368 g/mol. The molecule has 5 nitrogen and oxygen atoms in total. The van der Waals surface area contributed by atoms with E-state index in [4.69, 9.17) is 28.3 Å². The van der Waals surface area contributed by atoms with E-state index in [0.29, 0.717) is 32.4 Å². The lowest BCUT2D eigenvalue weighted by Crippen LogP contribution is -2.13. The van der Waals surface area contributed by atoms with Crippen LogP contribution in [0.1, 0.15) is 0 Å². The zero-order valence-corrected chi connectivity index (χ0v) is 14.0. The van der Waals surface area contributed by atoms with Crippen LogP contribution in [-0.2, 0) is 10.0 Å². The maximum atomic E-state index is 11.8. The Hall–Kier alpha value is -1.86. The highest BCUT2D eigenvalue weighted by molar-refractivity contribution is 7.89. The fraction of sp³-hybridized carbons (Fsp3) is 0. The molecule has 23 heavy (non-hydrogen) atoms. The summed E-state index contributed by atoms with van der Waals surface area (Å²) in [6.45, 7) is 0. The second-order valence-electron chi connectivity index (χ2n) is 4.82. The molecular formula is C15H11Cl2N3O2S. The van der Waals surface area contributed by atoms with Crippen molar-refractivity contribution in [2.24, 2.45) is 5.14 Å². The number of rotatable bonds is 3. The van der Waals surface area contributed by atoms with Crippen LogP contribution in [0.4, 0.5) is 0 Å². The van der Waals surface area contributed by atoms with Crippen molar-refractivity contribution in [1.82, 2.24) is 10.2 Å². The van der Waals surface area contributed by atoms with Crippen molar-refractivity contribution >= 4 is 33.2 Å². The Balaban J connectivity index is 2.24. The number of hydrogen-bond donors (Lipinski definition) is 2. The number of benzene rings is 2. The predicted molar refractivity (Wildman–Crippen MR) is 90.9 cm³/mol. The zero-order chi connectivity index (χ0) is 16.6. The Labute approximate surface area is 143 Å². The highest BCUT2D eigenvalue weighted by Gasteiger charge is 2.20. The normalized spacial score (nSPS) is 11.6. The number of aromatic nitrogens is 2. The number of hydrogen-bond acceptors (Lipinski definition) is 3. The van der Waals surface area contributed by atoms with E-state index in [1.807, 2.05) is 0 Å². The molecule has 0 fully saturated rings. The number of halogens is 2. The molecule has 0 spiro atoms. The van der Waals surface area contributed by atoms with Crippen LogP contribution in [-0.4, -0.2) is 18.6 Å². The van der Waals surface area contributed by atoms with Gasteiger partial charge in [0.1, 0.15) is 0 Å². The topological polar surface area (TPSA) is 88.8 Å². The Bertz CT molecular complexity index is 984. The fourth-order valence-electron chi connectivity index (χ4n) is 2.32. The Morgan fingerprint density at radius 1 is 1.00 bits per heavy atom. The molecule has 0 bridgehead atoms. The van der Waals surface area contributed by atoms with Gasteiger partial charge in [-0.15, -0.1) is 0 Å². The number of nitrogens with zero attached hydrogens (tertiary/aromatic N) is 1. The van der Waals surface area contributed by atoms with E-state index in [1.165, 1.54) is 6.07 Å². The first-order valence-electron chi connectivity index (χ1n) is 6.49. The minimum atomic E-state index is -3.88. The number of H-pyrrole nitrogens is 1. The monoisotopic (exact) mass is 367 g/mol. The molecule has 0 unspecified atom stereocenters. The van der Waals surface area contributed by atoms with Gasteiger partial charge in [0, 0.05) is 21.7 Å². The number of nitrogens with two attached hydrogens (primary N) is 1. The van der Waals surface area contributed by atoms with Gasteiger partial charge in [0.05, 0.1) is 21.8 Å². The van der Waals surface area contributed by atoms with Gasteiger partial charge in [0.15, 0.2) is 0 Å². The molecule has 0 aliphatic heterocycles. The highest BCUT2D eigenvalue weighted by Crippen LogP contribution is 2.37. The van der Waals surface area contributed by atoms with Crippen molar-refractivity contribution in [1.29, 1.82) is 0 Å². The van der Waals surface area contributed by atoms with Crippen LogP contribution in [0, 0.1) is 0 Å². The van der Waals surface area contributed by atoms with Crippen LogP contribution in [0.25, 0.3) is 22.4 Å². The average Bonchev–Trinajstić information content (AvgIpc) is 2.95. The molecule has 0 amide bonds. The minimum absolute atomic E-state index is 0.00980. The molecule has 8 heteroatoms. The molecule has 0 saturated carbocycles. The Morgan fingerprint density at radius 3 is 2.43 bits per heavy atom. The summed E-state index contributed by atoms with van der Waals surface area (Å²) in [4.78, 5) is 0.00980. The molecule has 0 aliphatic carbocycles. The van der Waals surface area contributed by atoms with Crippen molar-refractivity contribution < 1.29 is 8.42 Å². The maximum Gasteiger partial charge on any atom is 0.238 e. The summed E-state index contributed by atoms with van der Waals surface area (Å²) in [7, 11) is -3.88. The van der Waals surface area contributed by atoms with Crippen molar-refractivity contribution in [3.8, 4) is 22.4 Å². The summed E-state index contributed by atoms with van der Waals surface area (Å²) in [6.07, 6.45) is 1.57. The number of aromatic amines is 1. The fourth-order valence-corrected chi connectivity index (χ4v) is 3.58. The van der Waals surface area contributed by atoms with Crippen LogP contribution in [0.5, 0.6) is 0 Å². The third-order valence-electron chi connectivity index (χ3n) is 3.32. The van der Waals surface area contributed by atoms with E-state index in [0.717, 1.165) is 0 Å². The van der Waals surface area contributed by atoms with E-state index in [9.17, 15) is 8.42 Å². The van der Waals surface area contributed by atoms with Gasteiger partial charge < -0.3 is 0 Å². The lowest BCUT2D eigenvalue weighted by molar-refractivity contribution is 0.598. The third kappa shape index (κ3) is 3.11. The molecule has 3 aromatic rings. The molecule has 3 rings (SSSR count). The molecule has 0 aliphatic rings. The minimum Gasteiger partial charge on any atom is -0.277 e. The first kappa shape index (κ1) is 16.0. The lowest BCUT2D eigenvalue weighted by atomic mass is 10.0. The van der Waals surface area contributed by atoms with Crippen molar-refractivity contribution in [2.45, 2.75) is 4.90 Å². The molecule has 0 atom stereocenters. The summed E-state index contributed by atoms with van der Waals surface area (Å²) in [6, 6.07) is 11.5. The first-order chi connectivity index (χ1) is 10.9. The molecule has 3 N–H and O–H groups in total. The van der Waals surface area contributed by atoms with Crippen LogP contribution < -0.4 is 5.14 Å². The molecule has 1 aromatic heterocycles. The standard InChI is InChI=1S/C15H11Cl2N3O2S/c16-9-5-6-10(13(17)7-9)12-8-19-20-15(12)11-3-1-2-4-14(11)23(18,21)22/h1-8H,(H,19,20)(H2,18,21,22). The second kappa shape index (κ2) is 5.98. The Morgan fingerprint density at radius 2 is 1.74 bits per heavy atom. The predicted octanol–water partition coefficient (Wildman–Crippen LogP) is 3.70. The number of sulfonamides is 1. The van der Waals surface area contributed by atoms with Crippen LogP contribution in [0.15, 0.2) is 53.6 Å². The lowest BCUT2D eigenvalue weighted by Gasteiger charge is -2.09. The van der Waals surface area contributed by atoms with Gasteiger partial charge in [-0.2, -0.15) is 5.10 Å². The molecule has 2 aromatic carbocycles. The molecule has 118 valence electrons. The summed E-state index contributed by atoms with van der Waals surface area (Å²) in [5, 5.41) is 13.1. The van der Waals surface area contributed by atoms with Gasteiger partial charge >= 0.3 is 0 Å². The number of nitrogens with one attached hydrogen (secondary N) is 1. The first-order valence-corrected chi connectivity index (χ1v) is 8.79. The number of primary sulfonamides is 1. The quantitative estimate of drug-likeness (QED) is 0.739. The van der Waals surface area contributed by atoms with Gasteiger partial charge in [0.25, 0.3) is 0 Å². The second-order valence-corrected chi connectivity index (χ2v) is 7.20. The Kier molecular flexibility index (Phi) is 4.16. The van der Waals surface area contributed by atoms with Crippen LogP contribution in [0.2, 0.25) is 10.0 Å². The van der Waals surface area contributed by atoms with Gasteiger partial charge in [0.2, 0.25) is 10.0 Å². The van der Waals surface area contributed by atoms with Crippen LogP contribution >= 0.6 is 23.2 Å². The van der Waals surface area contributed by atoms with Crippen molar-refractivity contribution in [3.63, 3.8) is 0 Å². The van der Waals surface area contributed by atoms with Gasteiger partial charge in [-0.25, -0.2) is 13.6 Å². The highest BCUT2D eigenvalue weighted by atomic mass is 35.5. The molecule has 1 heterocycles. The molecule has 0 saturated heterocycles. The molecule has 0 radical (unpaired) electrons. The van der Waals surface area contributed by atoms with Crippen molar-refractivity contribution in [3.05, 3.63) is 58.7 Å². The van der Waals surface area contributed by atoms with Crippen LogP contribution in [0.3, 0.4) is 0 Å². The maximum absolute atomic E-state index is 11.8. The van der Waals surface area contributed by atoms with E-state index in [2.05, 4.69) is 10.2 Å². The van der Waals surface area contributed by atoms with Gasteiger partial charge in [-0.05, 0) is 18.2 Å². The summed E-state index contributed by atoms with van der Waals surface area (Å²) in [5.41, 5.74) is 2.28. The van der Waals surface area contributed by atoms with Gasteiger partial charge in [-0.1, -0.05) is 47.5 Å². The summed E-state index contributed by atoms with van der Waals surface area (Å²) in [5.74, 6) is 0. The van der Waals surface area contributed by atoms with Gasteiger partial charge in [-0.3, -0.25) is 5.10 Å². The smallest absolute Gasteiger partial charge is 0.238 e. The van der Waals surface area contributed by atoms with E-state index >= 15 is 0 Å². The largest absolute Gasteiger partial charge is 0.277 e. The summed E-state index contributed by atoms with van der Waals surface area (Å²) < 4.78 is 23.6. The zero-order valence-electron chi connectivity index (χ0n) is 11.6. The molecular weight excluding hydrogens is 357 g/mol. The van der Waals surface area contributed by atoms with E-state index in [-0.39, 0.29) is 4.90 Å².